The molecule has 16 heavy (non-hydrogen) atoms. The van der Waals surface area contributed by atoms with Crippen LogP contribution >= 0.6 is 0 Å². The smallest absolute Gasteiger partial charge is 0.236 e. The Morgan fingerprint density at radius 1 is 1.44 bits per heavy atom. The van der Waals surface area contributed by atoms with Crippen LogP contribution in [0.3, 0.4) is 0 Å². The molecule has 0 heterocycles. The Bertz CT molecular complexity index is 205. The third kappa shape index (κ3) is 5.47. The topological polar surface area (TPSA) is 41.6 Å². The highest BCUT2D eigenvalue weighted by molar-refractivity contribution is 5.78. The van der Waals surface area contributed by atoms with Gasteiger partial charge in [0.2, 0.25) is 5.91 Å². The van der Waals surface area contributed by atoms with E-state index in [9.17, 15) is 4.79 Å². The van der Waals surface area contributed by atoms with Gasteiger partial charge in [-0.1, -0.05) is 0 Å². The molecule has 0 radical (unpaired) electrons. The first kappa shape index (κ1) is 13.5. The molecule has 1 amide bonds. The van der Waals surface area contributed by atoms with Crippen LogP contribution in [0.5, 0.6) is 0 Å². The number of hydrogen-bond acceptors (Lipinski definition) is 3. The molecular formula is C12H24N2O2. The maximum absolute atomic E-state index is 11.8. The predicted molar refractivity (Wildman–Crippen MR) is 64.3 cm³/mol. The summed E-state index contributed by atoms with van der Waals surface area (Å²) in [6, 6.07) is 0. The Morgan fingerprint density at radius 3 is 2.75 bits per heavy atom. The van der Waals surface area contributed by atoms with Gasteiger partial charge in [0.05, 0.1) is 13.2 Å². The SMILES string of the molecule is CCOCCN(CC)C(=O)CNCC1CC1. The van der Waals surface area contributed by atoms with Crippen molar-refractivity contribution in [1.29, 1.82) is 0 Å². The Balaban J connectivity index is 2.08. The zero-order valence-electron chi connectivity index (χ0n) is 10.5. The van der Waals surface area contributed by atoms with Crippen LogP contribution in [0.2, 0.25) is 0 Å². The molecule has 4 nitrogen and oxygen atoms in total. The summed E-state index contributed by atoms with van der Waals surface area (Å²) in [4.78, 5) is 13.6. The van der Waals surface area contributed by atoms with Gasteiger partial charge in [-0.05, 0) is 39.2 Å². The summed E-state index contributed by atoms with van der Waals surface area (Å²) in [6.45, 7) is 8.25. The molecule has 0 aromatic heterocycles. The zero-order chi connectivity index (χ0) is 11.8. The fourth-order valence-corrected chi connectivity index (χ4v) is 1.60. The lowest BCUT2D eigenvalue weighted by Gasteiger charge is -2.20. The fourth-order valence-electron chi connectivity index (χ4n) is 1.60. The normalized spacial score (nSPS) is 15.1. The highest BCUT2D eigenvalue weighted by Gasteiger charge is 2.21. The summed E-state index contributed by atoms with van der Waals surface area (Å²) in [7, 11) is 0. The molecule has 0 aromatic rings. The zero-order valence-corrected chi connectivity index (χ0v) is 10.5. The summed E-state index contributed by atoms with van der Waals surface area (Å²) < 4.78 is 5.25. The van der Waals surface area contributed by atoms with E-state index in [1.54, 1.807) is 0 Å². The van der Waals surface area contributed by atoms with E-state index < -0.39 is 0 Å². The number of likely N-dealkylation sites (N-methyl/N-ethyl adjacent to an activating group) is 1. The lowest BCUT2D eigenvalue weighted by molar-refractivity contribution is -0.130. The first-order valence-corrected chi connectivity index (χ1v) is 6.34. The van der Waals surface area contributed by atoms with Crippen LogP contribution in [-0.4, -0.2) is 50.2 Å². The van der Waals surface area contributed by atoms with Crippen molar-refractivity contribution < 1.29 is 9.53 Å². The molecule has 1 rings (SSSR count). The van der Waals surface area contributed by atoms with Gasteiger partial charge in [0.25, 0.3) is 0 Å². The largest absolute Gasteiger partial charge is 0.380 e. The molecule has 1 aliphatic rings. The molecule has 1 N–H and O–H groups in total. The van der Waals surface area contributed by atoms with Gasteiger partial charge in [-0.2, -0.15) is 0 Å². The van der Waals surface area contributed by atoms with Crippen LogP contribution in [0, 0.1) is 5.92 Å². The second-order valence-electron chi connectivity index (χ2n) is 4.24. The van der Waals surface area contributed by atoms with E-state index >= 15 is 0 Å². The van der Waals surface area contributed by atoms with Gasteiger partial charge in [0.15, 0.2) is 0 Å². The van der Waals surface area contributed by atoms with E-state index in [1.165, 1.54) is 12.8 Å². The van der Waals surface area contributed by atoms with Crippen molar-refractivity contribution in [2.45, 2.75) is 26.7 Å². The molecule has 0 bridgehead atoms. The van der Waals surface area contributed by atoms with E-state index in [0.717, 1.165) is 19.0 Å². The number of rotatable bonds is 9. The van der Waals surface area contributed by atoms with Crippen LogP contribution in [-0.2, 0) is 9.53 Å². The van der Waals surface area contributed by atoms with Crippen molar-refractivity contribution in [2.75, 3.05) is 39.4 Å². The van der Waals surface area contributed by atoms with Gasteiger partial charge >= 0.3 is 0 Å². The summed E-state index contributed by atoms with van der Waals surface area (Å²) in [5.74, 6) is 1.01. The predicted octanol–water partition coefficient (Wildman–Crippen LogP) is 0.871. The van der Waals surface area contributed by atoms with Gasteiger partial charge < -0.3 is 15.0 Å². The number of ether oxygens (including phenoxy) is 1. The molecule has 0 saturated heterocycles. The Kier molecular flexibility index (Phi) is 6.42. The Labute approximate surface area is 98.3 Å². The maximum Gasteiger partial charge on any atom is 0.236 e. The van der Waals surface area contributed by atoms with Gasteiger partial charge in [0.1, 0.15) is 0 Å². The third-order valence-electron chi connectivity index (χ3n) is 2.85. The van der Waals surface area contributed by atoms with Crippen LogP contribution < -0.4 is 5.32 Å². The van der Waals surface area contributed by atoms with Gasteiger partial charge in [-0.15, -0.1) is 0 Å². The number of carbonyl (C=O) groups is 1. The van der Waals surface area contributed by atoms with Gasteiger partial charge in [-0.3, -0.25) is 4.79 Å². The van der Waals surface area contributed by atoms with Gasteiger partial charge in [0, 0.05) is 19.7 Å². The van der Waals surface area contributed by atoms with Crippen molar-refractivity contribution in [2.24, 2.45) is 5.92 Å². The van der Waals surface area contributed by atoms with Crippen LogP contribution in [0.25, 0.3) is 0 Å². The number of amides is 1. The number of hydrogen-bond donors (Lipinski definition) is 1. The lowest BCUT2D eigenvalue weighted by atomic mass is 10.4. The molecule has 0 atom stereocenters. The number of nitrogens with one attached hydrogen (secondary N) is 1. The molecule has 1 fully saturated rings. The standard InChI is InChI=1S/C12H24N2O2/c1-3-14(7-8-16-4-2)12(15)10-13-9-11-5-6-11/h11,13H,3-10H2,1-2H3. The Morgan fingerprint density at radius 2 is 2.19 bits per heavy atom. The van der Waals surface area contributed by atoms with Crippen molar-refractivity contribution in [3.05, 3.63) is 0 Å². The fraction of sp³-hybridized carbons (Fsp3) is 0.917. The van der Waals surface area contributed by atoms with Crippen LogP contribution in [0.15, 0.2) is 0 Å². The number of carbonyl (C=O) groups excluding carboxylic acids is 1. The first-order valence-electron chi connectivity index (χ1n) is 6.34. The Hall–Kier alpha value is -0.610. The number of nitrogens with zero attached hydrogens (tertiary/aromatic N) is 1. The van der Waals surface area contributed by atoms with E-state index in [-0.39, 0.29) is 5.91 Å². The monoisotopic (exact) mass is 228 g/mol. The molecule has 1 saturated carbocycles. The molecule has 0 unspecified atom stereocenters. The molecule has 1 aliphatic carbocycles. The van der Waals surface area contributed by atoms with Crippen LogP contribution in [0.4, 0.5) is 0 Å². The maximum atomic E-state index is 11.8. The van der Waals surface area contributed by atoms with E-state index in [0.29, 0.717) is 26.3 Å². The summed E-state index contributed by atoms with van der Waals surface area (Å²) >= 11 is 0. The van der Waals surface area contributed by atoms with E-state index in [4.69, 9.17) is 4.74 Å². The van der Waals surface area contributed by atoms with Crippen molar-refractivity contribution in [3.63, 3.8) is 0 Å². The summed E-state index contributed by atoms with van der Waals surface area (Å²) in [5.41, 5.74) is 0. The van der Waals surface area contributed by atoms with E-state index in [1.807, 2.05) is 18.7 Å². The van der Waals surface area contributed by atoms with E-state index in [2.05, 4.69) is 5.32 Å². The summed E-state index contributed by atoms with van der Waals surface area (Å²) in [5, 5.41) is 3.22. The molecule has 0 spiro atoms. The second kappa shape index (κ2) is 7.63. The molecule has 0 aliphatic heterocycles. The lowest BCUT2D eigenvalue weighted by Crippen LogP contribution is -2.40. The molecule has 4 heteroatoms. The van der Waals surface area contributed by atoms with Crippen molar-refractivity contribution in [3.8, 4) is 0 Å². The molecule has 0 aromatic carbocycles. The minimum absolute atomic E-state index is 0.183. The minimum Gasteiger partial charge on any atom is -0.380 e. The highest BCUT2D eigenvalue weighted by Crippen LogP contribution is 2.27. The van der Waals surface area contributed by atoms with Crippen molar-refractivity contribution >= 4 is 5.91 Å². The molecular weight excluding hydrogens is 204 g/mol. The summed E-state index contributed by atoms with van der Waals surface area (Å²) in [6.07, 6.45) is 2.64. The first-order chi connectivity index (χ1) is 7.77. The van der Waals surface area contributed by atoms with Gasteiger partial charge in [-0.25, -0.2) is 0 Å². The average molecular weight is 228 g/mol. The van der Waals surface area contributed by atoms with Crippen molar-refractivity contribution in [1.82, 2.24) is 10.2 Å². The molecule has 94 valence electrons. The second-order valence-corrected chi connectivity index (χ2v) is 4.24. The van der Waals surface area contributed by atoms with Crippen LogP contribution in [0.1, 0.15) is 26.7 Å². The minimum atomic E-state index is 0.183. The quantitative estimate of drug-likeness (QED) is 0.595. The highest BCUT2D eigenvalue weighted by atomic mass is 16.5. The average Bonchev–Trinajstić information content (AvgIpc) is 3.08. The third-order valence-corrected chi connectivity index (χ3v) is 2.85.